The Morgan fingerprint density at radius 1 is 0.889 bits per heavy atom. The molecule has 3 heteroatoms. The Balaban J connectivity index is -0.0000000720. The summed E-state index contributed by atoms with van der Waals surface area (Å²) in [5, 5.41) is 18.6. The van der Waals surface area contributed by atoms with Crippen LogP contribution < -0.4 is 10.2 Å². The summed E-state index contributed by atoms with van der Waals surface area (Å²) in [6.07, 6.45) is 1.53. The molecule has 0 aromatic carbocycles. The Morgan fingerprint density at radius 3 is 1.00 bits per heavy atom. The van der Waals surface area contributed by atoms with Crippen LogP contribution in [0.25, 0.3) is 0 Å². The zero-order valence-corrected chi connectivity index (χ0v) is 9.28. The van der Waals surface area contributed by atoms with Gasteiger partial charge in [0, 0.05) is 0 Å². The van der Waals surface area contributed by atoms with Crippen molar-refractivity contribution < 1.29 is 52.0 Å². The maximum atomic E-state index is 9.30. The van der Waals surface area contributed by atoms with Crippen molar-refractivity contribution in [1.82, 2.24) is 0 Å². The third-order valence-electron chi connectivity index (χ3n) is 0.408. The van der Waals surface area contributed by atoms with E-state index in [9.17, 15) is 10.2 Å². The van der Waals surface area contributed by atoms with Gasteiger partial charge in [0.2, 0.25) is 0 Å². The molecule has 0 aromatic heterocycles. The van der Waals surface area contributed by atoms with Gasteiger partial charge in [-0.3, -0.25) is 0 Å². The van der Waals surface area contributed by atoms with Crippen molar-refractivity contribution in [1.29, 1.82) is 0 Å². The van der Waals surface area contributed by atoms with Gasteiger partial charge in [-0.1, -0.05) is 26.7 Å². The first-order valence-electron chi connectivity index (χ1n) is 2.99. The minimum Gasteiger partial charge on any atom is -0.854 e. The molecule has 2 nitrogen and oxygen atoms in total. The molecule has 0 bridgehead atoms. The number of hydrogen-bond acceptors (Lipinski definition) is 2. The molecule has 0 rings (SSSR count). The maximum absolute atomic E-state index is 9.30. The van der Waals surface area contributed by atoms with Gasteiger partial charge in [-0.25, -0.2) is 0 Å². The predicted octanol–water partition coefficient (Wildman–Crippen LogP) is -0.487. The maximum Gasteiger partial charge on any atom is 4.00 e. The molecule has 0 heterocycles. The summed E-state index contributed by atoms with van der Waals surface area (Å²) in [5.41, 5.74) is 0. The van der Waals surface area contributed by atoms with E-state index in [0.29, 0.717) is 0 Å². The van der Waals surface area contributed by atoms with E-state index in [4.69, 9.17) is 0 Å². The summed E-state index contributed by atoms with van der Waals surface area (Å²) in [4.78, 5) is 0. The smallest absolute Gasteiger partial charge is 0.854 e. The molecular formula is C6H14CeO2+2. The fourth-order valence-electron chi connectivity index (χ4n) is 0. The summed E-state index contributed by atoms with van der Waals surface area (Å²) < 4.78 is 0. The van der Waals surface area contributed by atoms with Crippen molar-refractivity contribution >= 4 is 0 Å². The van der Waals surface area contributed by atoms with Gasteiger partial charge in [0.05, 0.1) is 0 Å². The van der Waals surface area contributed by atoms with Crippen molar-refractivity contribution in [3.05, 3.63) is 0 Å². The predicted molar refractivity (Wildman–Crippen MR) is 30.3 cm³/mol. The van der Waals surface area contributed by atoms with Crippen LogP contribution in [-0.2, 0) is 0 Å². The van der Waals surface area contributed by atoms with E-state index in [1.54, 1.807) is 0 Å². The third-order valence-corrected chi connectivity index (χ3v) is 0.408. The molecule has 0 saturated heterocycles. The zero-order chi connectivity index (χ0) is 6.83. The fourth-order valence-corrected chi connectivity index (χ4v) is 0. The van der Waals surface area contributed by atoms with Crippen LogP contribution in [0.5, 0.6) is 0 Å². The molecule has 0 atom stereocenters. The molecular weight excluding hydrogens is 244 g/mol. The van der Waals surface area contributed by atoms with Crippen molar-refractivity contribution in [2.75, 3.05) is 13.2 Å². The second-order valence-corrected chi connectivity index (χ2v) is 1.41. The van der Waals surface area contributed by atoms with Crippen molar-refractivity contribution in [2.45, 2.75) is 26.7 Å². The Morgan fingerprint density at radius 2 is 1.00 bits per heavy atom. The minimum atomic E-state index is 0. The molecule has 52 valence electrons. The van der Waals surface area contributed by atoms with Gasteiger partial charge in [0.25, 0.3) is 0 Å². The molecule has 0 spiro atoms. The first-order chi connectivity index (χ1) is 3.83. The average Bonchev–Trinajstić information content (AvgIpc) is 1.88. The van der Waals surface area contributed by atoms with Crippen LogP contribution in [0.15, 0.2) is 0 Å². The molecule has 0 aromatic rings. The van der Waals surface area contributed by atoms with E-state index in [1.807, 2.05) is 13.8 Å². The first kappa shape index (κ1) is 16.7. The summed E-state index contributed by atoms with van der Waals surface area (Å²) >= 11 is 0. The summed E-state index contributed by atoms with van der Waals surface area (Å²) in [6, 6.07) is 0. The van der Waals surface area contributed by atoms with E-state index < -0.39 is 0 Å². The molecule has 0 aliphatic carbocycles. The van der Waals surface area contributed by atoms with Crippen molar-refractivity contribution in [2.24, 2.45) is 0 Å². The van der Waals surface area contributed by atoms with Gasteiger partial charge < -0.3 is 10.2 Å². The van der Waals surface area contributed by atoms with Gasteiger partial charge in [-0.15, -0.1) is 13.2 Å². The SMILES string of the molecule is CCC[O-].CCC[O-].[Ce+4]. The molecule has 0 fully saturated rings. The fraction of sp³-hybridized carbons (Fsp3) is 1.00. The van der Waals surface area contributed by atoms with E-state index in [0.717, 1.165) is 12.8 Å². The van der Waals surface area contributed by atoms with Crippen molar-refractivity contribution in [3.8, 4) is 0 Å². The summed E-state index contributed by atoms with van der Waals surface area (Å²) in [5.74, 6) is 0. The second kappa shape index (κ2) is 22.8. The van der Waals surface area contributed by atoms with Crippen molar-refractivity contribution in [3.63, 3.8) is 0 Å². The van der Waals surface area contributed by atoms with Gasteiger partial charge in [-0.05, 0) is 0 Å². The average molecular weight is 258 g/mol. The monoisotopic (exact) mass is 258 g/mol. The topological polar surface area (TPSA) is 46.1 Å². The molecule has 0 radical (unpaired) electrons. The molecule has 0 aliphatic rings. The molecule has 0 amide bonds. The number of rotatable bonds is 2. The van der Waals surface area contributed by atoms with Crippen LogP contribution in [0, 0.1) is 41.7 Å². The molecule has 9 heavy (non-hydrogen) atoms. The van der Waals surface area contributed by atoms with E-state index >= 15 is 0 Å². The van der Waals surface area contributed by atoms with Gasteiger partial charge in [0.15, 0.2) is 0 Å². The van der Waals surface area contributed by atoms with Crippen LogP contribution >= 0.6 is 0 Å². The Kier molecular flexibility index (Phi) is 42.4. The number of hydrogen-bond donors (Lipinski definition) is 0. The first-order valence-corrected chi connectivity index (χ1v) is 2.99. The second-order valence-electron chi connectivity index (χ2n) is 1.41. The van der Waals surface area contributed by atoms with Gasteiger partial charge >= 0.3 is 41.7 Å². The Hall–Kier alpha value is 1.30. The largest absolute Gasteiger partial charge is 4.00 e. The third kappa shape index (κ3) is 45.5. The van der Waals surface area contributed by atoms with E-state index in [1.165, 1.54) is 0 Å². The normalized spacial score (nSPS) is 6.67. The molecule has 0 N–H and O–H groups in total. The van der Waals surface area contributed by atoms with E-state index in [2.05, 4.69) is 0 Å². The minimum absolute atomic E-state index is 0. The van der Waals surface area contributed by atoms with E-state index in [-0.39, 0.29) is 55.0 Å². The molecule has 0 aliphatic heterocycles. The van der Waals surface area contributed by atoms with Gasteiger partial charge in [-0.2, -0.15) is 0 Å². The summed E-state index contributed by atoms with van der Waals surface area (Å²) in [7, 11) is 0. The quantitative estimate of drug-likeness (QED) is 0.671. The van der Waals surface area contributed by atoms with Crippen LogP contribution in [-0.4, -0.2) is 13.2 Å². The van der Waals surface area contributed by atoms with Crippen LogP contribution in [0.4, 0.5) is 0 Å². The standard InChI is InChI=1S/2C3H7O.Ce/c2*1-2-3-4;/h2*2-3H2,1H3;/q2*-1;+4. The Bertz CT molecular complexity index is 19.0. The molecule has 0 unspecified atom stereocenters. The molecule has 0 saturated carbocycles. The van der Waals surface area contributed by atoms with Crippen LogP contribution in [0.1, 0.15) is 26.7 Å². The van der Waals surface area contributed by atoms with Crippen LogP contribution in [0.2, 0.25) is 0 Å². The summed E-state index contributed by atoms with van der Waals surface area (Å²) in [6.45, 7) is 3.88. The van der Waals surface area contributed by atoms with Crippen LogP contribution in [0.3, 0.4) is 0 Å². The Labute approximate surface area is 91.0 Å². The zero-order valence-electron chi connectivity index (χ0n) is 6.14. The van der Waals surface area contributed by atoms with Gasteiger partial charge in [0.1, 0.15) is 0 Å².